The highest BCUT2D eigenvalue weighted by molar-refractivity contribution is 5.70. The third-order valence-corrected chi connectivity index (χ3v) is 1.62. The second kappa shape index (κ2) is 7.33. The van der Waals surface area contributed by atoms with Crippen molar-refractivity contribution in [3.63, 3.8) is 0 Å². The van der Waals surface area contributed by atoms with Crippen molar-refractivity contribution in [2.24, 2.45) is 0 Å². The van der Waals surface area contributed by atoms with E-state index in [9.17, 15) is 4.79 Å². The maximum Gasteiger partial charge on any atom is 0.185 e. The SMILES string of the molecule is CC(C)c1ccc(C=O)o1.CCOC. The van der Waals surface area contributed by atoms with Crippen LogP contribution in [0.3, 0.4) is 0 Å². The van der Waals surface area contributed by atoms with Gasteiger partial charge in [0.1, 0.15) is 5.76 Å². The molecule has 0 N–H and O–H groups in total. The van der Waals surface area contributed by atoms with Crippen LogP contribution in [0.2, 0.25) is 0 Å². The molecule has 0 radical (unpaired) electrons. The quantitative estimate of drug-likeness (QED) is 0.701. The minimum absolute atomic E-state index is 0.355. The monoisotopic (exact) mass is 198 g/mol. The summed E-state index contributed by atoms with van der Waals surface area (Å²) in [5.74, 6) is 1.62. The fraction of sp³-hybridized carbons (Fsp3) is 0.545. The zero-order valence-corrected chi connectivity index (χ0v) is 9.24. The summed E-state index contributed by atoms with van der Waals surface area (Å²) < 4.78 is 9.67. The molecule has 0 aliphatic heterocycles. The highest BCUT2D eigenvalue weighted by atomic mass is 16.5. The predicted octanol–water partition coefficient (Wildman–Crippen LogP) is 2.87. The summed E-state index contributed by atoms with van der Waals surface area (Å²) in [4.78, 5) is 10.1. The van der Waals surface area contributed by atoms with E-state index in [0.717, 1.165) is 12.4 Å². The van der Waals surface area contributed by atoms with Gasteiger partial charge in [0.25, 0.3) is 0 Å². The summed E-state index contributed by atoms with van der Waals surface area (Å²) in [6.45, 7) is 6.82. The lowest BCUT2D eigenvalue weighted by molar-refractivity contribution is 0.109. The Morgan fingerprint density at radius 3 is 2.29 bits per heavy atom. The van der Waals surface area contributed by atoms with E-state index >= 15 is 0 Å². The Hall–Kier alpha value is -1.09. The van der Waals surface area contributed by atoms with Crippen molar-refractivity contribution in [3.05, 3.63) is 23.7 Å². The van der Waals surface area contributed by atoms with Crippen LogP contribution in [0, 0.1) is 0 Å². The number of aldehydes is 1. The van der Waals surface area contributed by atoms with E-state index in [-0.39, 0.29) is 0 Å². The van der Waals surface area contributed by atoms with Crippen molar-refractivity contribution in [3.8, 4) is 0 Å². The summed E-state index contributed by atoms with van der Waals surface area (Å²) in [6.07, 6.45) is 0.714. The molecule has 3 heteroatoms. The summed E-state index contributed by atoms with van der Waals surface area (Å²) >= 11 is 0. The highest BCUT2D eigenvalue weighted by Gasteiger charge is 2.03. The van der Waals surface area contributed by atoms with Crippen molar-refractivity contribution in [2.75, 3.05) is 13.7 Å². The second-order valence-electron chi connectivity index (χ2n) is 3.09. The normalized spacial score (nSPS) is 9.50. The summed E-state index contributed by atoms with van der Waals surface area (Å²) in [6, 6.07) is 3.51. The zero-order chi connectivity index (χ0) is 11.0. The average Bonchev–Trinajstić information content (AvgIpc) is 2.66. The van der Waals surface area contributed by atoms with Crippen molar-refractivity contribution >= 4 is 6.29 Å². The topological polar surface area (TPSA) is 39.4 Å². The number of hydrogen-bond donors (Lipinski definition) is 0. The second-order valence-corrected chi connectivity index (χ2v) is 3.09. The van der Waals surface area contributed by atoms with Gasteiger partial charge in [-0.2, -0.15) is 0 Å². The Bertz CT molecular complexity index is 249. The van der Waals surface area contributed by atoms with Crippen LogP contribution in [0.4, 0.5) is 0 Å². The molecule has 0 spiro atoms. The first-order chi connectivity index (χ1) is 6.65. The van der Waals surface area contributed by atoms with Gasteiger partial charge in [0.2, 0.25) is 0 Å². The Morgan fingerprint density at radius 2 is 2.07 bits per heavy atom. The number of furan rings is 1. The first-order valence-electron chi connectivity index (χ1n) is 4.69. The van der Waals surface area contributed by atoms with Crippen molar-refractivity contribution < 1.29 is 13.9 Å². The summed E-state index contributed by atoms with van der Waals surface area (Å²) in [7, 11) is 1.68. The molecule has 80 valence electrons. The van der Waals surface area contributed by atoms with Gasteiger partial charge in [0.15, 0.2) is 12.0 Å². The van der Waals surface area contributed by atoms with Crippen LogP contribution in [0.5, 0.6) is 0 Å². The number of carbonyl (C=O) groups excluding carboxylic acids is 1. The van der Waals surface area contributed by atoms with Crippen molar-refractivity contribution in [1.29, 1.82) is 0 Å². The maximum atomic E-state index is 10.1. The van der Waals surface area contributed by atoms with Crippen LogP contribution in [0.15, 0.2) is 16.5 Å². The molecular weight excluding hydrogens is 180 g/mol. The van der Waals surface area contributed by atoms with Gasteiger partial charge in [-0.25, -0.2) is 0 Å². The number of ether oxygens (including phenoxy) is 1. The molecule has 0 fully saturated rings. The highest BCUT2D eigenvalue weighted by Crippen LogP contribution is 2.15. The van der Waals surface area contributed by atoms with E-state index in [1.807, 2.05) is 26.8 Å². The van der Waals surface area contributed by atoms with Gasteiger partial charge < -0.3 is 9.15 Å². The largest absolute Gasteiger partial charge is 0.458 e. The average molecular weight is 198 g/mol. The van der Waals surface area contributed by atoms with Crippen LogP contribution in [-0.2, 0) is 4.74 Å². The third-order valence-electron chi connectivity index (χ3n) is 1.62. The Kier molecular flexibility index (Phi) is 6.76. The van der Waals surface area contributed by atoms with Crippen LogP contribution in [0.1, 0.15) is 43.0 Å². The Labute approximate surface area is 85.1 Å². The molecule has 1 aromatic rings. The van der Waals surface area contributed by atoms with Crippen molar-refractivity contribution in [1.82, 2.24) is 0 Å². The van der Waals surface area contributed by atoms with E-state index in [1.54, 1.807) is 13.2 Å². The van der Waals surface area contributed by atoms with Gasteiger partial charge in [-0.15, -0.1) is 0 Å². The number of methoxy groups -OCH3 is 1. The minimum Gasteiger partial charge on any atom is -0.458 e. The maximum absolute atomic E-state index is 10.1. The van der Waals surface area contributed by atoms with Crippen molar-refractivity contribution in [2.45, 2.75) is 26.7 Å². The number of hydrogen-bond acceptors (Lipinski definition) is 3. The van der Waals surface area contributed by atoms with Crippen LogP contribution in [0.25, 0.3) is 0 Å². The van der Waals surface area contributed by atoms with Crippen LogP contribution >= 0.6 is 0 Å². The molecule has 1 rings (SSSR count). The van der Waals surface area contributed by atoms with E-state index in [4.69, 9.17) is 4.42 Å². The molecule has 0 bridgehead atoms. The standard InChI is InChI=1S/C8H10O2.C3H8O/c1-6(2)8-4-3-7(5-9)10-8;1-3-4-2/h3-6H,1-2H3;3H2,1-2H3. The fourth-order valence-electron chi connectivity index (χ4n) is 0.742. The molecular formula is C11H18O3. The molecule has 14 heavy (non-hydrogen) atoms. The number of rotatable bonds is 3. The number of carbonyl (C=O) groups is 1. The molecule has 0 aromatic carbocycles. The van der Waals surface area contributed by atoms with Gasteiger partial charge in [-0.3, -0.25) is 4.79 Å². The Balaban J connectivity index is 0.000000364. The summed E-state index contributed by atoms with van der Waals surface area (Å²) in [5.41, 5.74) is 0. The van der Waals surface area contributed by atoms with Gasteiger partial charge in [0, 0.05) is 19.6 Å². The van der Waals surface area contributed by atoms with Gasteiger partial charge in [-0.05, 0) is 19.1 Å². The first-order valence-corrected chi connectivity index (χ1v) is 4.69. The smallest absolute Gasteiger partial charge is 0.185 e. The van der Waals surface area contributed by atoms with E-state index in [1.165, 1.54) is 0 Å². The van der Waals surface area contributed by atoms with Gasteiger partial charge in [-0.1, -0.05) is 13.8 Å². The zero-order valence-electron chi connectivity index (χ0n) is 9.24. The van der Waals surface area contributed by atoms with E-state index in [0.29, 0.717) is 18.0 Å². The lowest BCUT2D eigenvalue weighted by atomic mass is 10.2. The first kappa shape index (κ1) is 12.9. The molecule has 0 atom stereocenters. The van der Waals surface area contributed by atoms with Gasteiger partial charge in [0.05, 0.1) is 0 Å². The molecule has 1 aromatic heterocycles. The fourth-order valence-corrected chi connectivity index (χ4v) is 0.742. The molecule has 1 heterocycles. The van der Waals surface area contributed by atoms with Crippen LogP contribution in [-0.4, -0.2) is 20.0 Å². The molecule has 0 saturated heterocycles. The third kappa shape index (κ3) is 4.82. The minimum atomic E-state index is 0.355. The summed E-state index contributed by atoms with van der Waals surface area (Å²) in [5, 5.41) is 0. The molecule has 0 aliphatic carbocycles. The molecule has 0 aliphatic rings. The lowest BCUT2D eigenvalue weighted by Gasteiger charge is -1.95. The van der Waals surface area contributed by atoms with E-state index < -0.39 is 0 Å². The Morgan fingerprint density at radius 1 is 1.50 bits per heavy atom. The molecule has 0 amide bonds. The lowest BCUT2D eigenvalue weighted by Crippen LogP contribution is -1.80. The van der Waals surface area contributed by atoms with Gasteiger partial charge >= 0.3 is 0 Å². The molecule has 0 saturated carbocycles. The molecule has 0 unspecified atom stereocenters. The molecule has 3 nitrogen and oxygen atoms in total. The van der Waals surface area contributed by atoms with E-state index in [2.05, 4.69) is 4.74 Å². The predicted molar refractivity (Wildman–Crippen MR) is 55.7 cm³/mol. The van der Waals surface area contributed by atoms with Crippen LogP contribution < -0.4 is 0 Å².